The molecule has 4 rings (SSSR count). The van der Waals surface area contributed by atoms with Gasteiger partial charge in [-0.1, -0.05) is 30.3 Å². The summed E-state index contributed by atoms with van der Waals surface area (Å²) in [6.07, 6.45) is 7.04. The minimum absolute atomic E-state index is 0.599. The quantitative estimate of drug-likeness (QED) is 0.539. The van der Waals surface area contributed by atoms with Crippen LogP contribution in [-0.2, 0) is 12.3 Å². The third-order valence-corrected chi connectivity index (χ3v) is 4.63. The van der Waals surface area contributed by atoms with Crippen molar-refractivity contribution in [2.24, 2.45) is 0 Å². The van der Waals surface area contributed by atoms with Crippen LogP contribution in [0.4, 0.5) is 5.82 Å². The Bertz CT molecular complexity index is 969. The first-order chi connectivity index (χ1) is 12.4. The van der Waals surface area contributed by atoms with Crippen LogP contribution in [-0.4, -0.2) is 24.6 Å². The van der Waals surface area contributed by atoms with Gasteiger partial charge in [-0.15, -0.1) is 11.8 Å². The normalized spacial score (nSPS) is 10.9. The van der Waals surface area contributed by atoms with E-state index in [1.54, 1.807) is 36.5 Å². The summed E-state index contributed by atoms with van der Waals surface area (Å²) in [5, 5.41) is 8.49. The zero-order valence-corrected chi connectivity index (χ0v) is 14.2. The molecule has 0 radical (unpaired) electrons. The van der Waals surface area contributed by atoms with E-state index in [1.807, 2.05) is 34.8 Å². The summed E-state index contributed by atoms with van der Waals surface area (Å²) in [6.45, 7) is 0.599. The summed E-state index contributed by atoms with van der Waals surface area (Å²) >= 11 is 1.67. The lowest BCUT2D eigenvalue weighted by Crippen LogP contribution is -2.07. The molecule has 1 aromatic carbocycles. The Hall–Kier alpha value is -2.93. The first-order valence-corrected chi connectivity index (χ1v) is 8.87. The molecule has 0 aliphatic carbocycles. The van der Waals surface area contributed by atoms with Gasteiger partial charge in [0.15, 0.2) is 5.65 Å². The van der Waals surface area contributed by atoms with Crippen LogP contribution in [0.5, 0.6) is 0 Å². The van der Waals surface area contributed by atoms with Gasteiger partial charge in [-0.05, 0) is 11.6 Å². The molecule has 1 N–H and O–H groups in total. The highest BCUT2D eigenvalue weighted by atomic mass is 32.2. The summed E-state index contributed by atoms with van der Waals surface area (Å²) < 4.78 is 1.81. The highest BCUT2D eigenvalue weighted by molar-refractivity contribution is 7.98. The van der Waals surface area contributed by atoms with Gasteiger partial charge >= 0.3 is 0 Å². The monoisotopic (exact) mass is 348 g/mol. The van der Waals surface area contributed by atoms with Gasteiger partial charge in [0.1, 0.15) is 10.8 Å². The molecule has 0 fully saturated rings. The Morgan fingerprint density at radius 3 is 2.84 bits per heavy atom. The molecule has 0 unspecified atom stereocenters. The molecule has 0 aliphatic rings. The van der Waals surface area contributed by atoms with Gasteiger partial charge in [-0.3, -0.25) is 4.98 Å². The highest BCUT2D eigenvalue weighted by Crippen LogP contribution is 2.21. The van der Waals surface area contributed by atoms with Crippen LogP contribution in [0.15, 0.2) is 72.3 Å². The van der Waals surface area contributed by atoms with Crippen molar-refractivity contribution in [3.05, 3.63) is 78.5 Å². The van der Waals surface area contributed by atoms with E-state index in [0.29, 0.717) is 6.54 Å². The maximum Gasteiger partial charge on any atom is 0.155 e. The Balaban J connectivity index is 1.42. The van der Waals surface area contributed by atoms with Crippen LogP contribution < -0.4 is 5.32 Å². The molecule has 6 nitrogen and oxygen atoms in total. The van der Waals surface area contributed by atoms with E-state index in [4.69, 9.17) is 0 Å². The second kappa shape index (κ2) is 7.31. The third kappa shape index (κ3) is 3.77. The van der Waals surface area contributed by atoms with Gasteiger partial charge in [-0.2, -0.15) is 5.10 Å². The predicted molar refractivity (Wildman–Crippen MR) is 98.3 cm³/mol. The molecule has 0 amide bonds. The SMILES string of the molecule is c1ccc(CSc2cncc(NCc3ccnc4ccnn34)n2)cc1. The van der Waals surface area contributed by atoms with Crippen LogP contribution >= 0.6 is 11.8 Å². The van der Waals surface area contributed by atoms with Gasteiger partial charge in [0.05, 0.1) is 30.8 Å². The van der Waals surface area contributed by atoms with E-state index < -0.39 is 0 Å². The lowest BCUT2D eigenvalue weighted by atomic mass is 10.2. The van der Waals surface area contributed by atoms with Crippen LogP contribution in [0.25, 0.3) is 5.65 Å². The van der Waals surface area contributed by atoms with Crippen LogP contribution in [0.3, 0.4) is 0 Å². The molecule has 0 bridgehead atoms. The first kappa shape index (κ1) is 15.6. The number of rotatable bonds is 6. The summed E-state index contributed by atoms with van der Waals surface area (Å²) in [5.74, 6) is 1.62. The summed E-state index contributed by atoms with van der Waals surface area (Å²) in [6, 6.07) is 14.2. The smallest absolute Gasteiger partial charge is 0.155 e. The van der Waals surface area contributed by atoms with E-state index in [0.717, 1.165) is 27.9 Å². The maximum atomic E-state index is 4.61. The fourth-order valence-corrected chi connectivity index (χ4v) is 3.24. The van der Waals surface area contributed by atoms with Gasteiger partial charge < -0.3 is 5.32 Å². The Morgan fingerprint density at radius 2 is 1.92 bits per heavy atom. The lowest BCUT2D eigenvalue weighted by molar-refractivity contribution is 0.849. The third-order valence-electron chi connectivity index (χ3n) is 3.66. The molecule has 124 valence electrons. The summed E-state index contributed by atoms with van der Waals surface area (Å²) in [4.78, 5) is 13.2. The maximum absolute atomic E-state index is 4.61. The number of nitrogens with one attached hydrogen (secondary N) is 1. The average molecular weight is 348 g/mol. The van der Waals surface area contributed by atoms with E-state index in [-0.39, 0.29) is 0 Å². The minimum atomic E-state index is 0.599. The molecule has 0 spiro atoms. The molecule has 0 atom stereocenters. The molecule has 3 heterocycles. The highest BCUT2D eigenvalue weighted by Gasteiger charge is 2.04. The molecule has 3 aromatic heterocycles. The Labute approximate surface area is 149 Å². The van der Waals surface area contributed by atoms with E-state index in [9.17, 15) is 0 Å². The number of anilines is 1. The van der Waals surface area contributed by atoms with Crippen molar-refractivity contribution in [1.82, 2.24) is 24.6 Å². The minimum Gasteiger partial charge on any atom is -0.363 e. The number of nitrogens with zero attached hydrogens (tertiary/aromatic N) is 5. The molecule has 7 heteroatoms. The molecule has 4 aromatic rings. The fraction of sp³-hybridized carbons (Fsp3) is 0.111. The predicted octanol–water partition coefficient (Wildman–Crippen LogP) is 3.42. The van der Waals surface area contributed by atoms with Gasteiger partial charge in [0.25, 0.3) is 0 Å². The summed E-state index contributed by atoms with van der Waals surface area (Å²) in [7, 11) is 0. The molecule has 0 aliphatic heterocycles. The molecule has 0 saturated heterocycles. The van der Waals surface area contributed by atoms with E-state index in [2.05, 4.69) is 37.5 Å². The standard InChI is InChI=1S/C18H16N6S/c1-2-4-14(5-3-1)13-25-18-12-19-11-16(23-18)21-10-15-6-8-20-17-7-9-22-24(15)17/h1-9,11-12H,10,13H2,(H,21,23). The van der Waals surface area contributed by atoms with Gasteiger partial charge in [-0.25, -0.2) is 14.5 Å². The molecular weight excluding hydrogens is 332 g/mol. The van der Waals surface area contributed by atoms with Gasteiger partial charge in [0.2, 0.25) is 0 Å². The average Bonchev–Trinajstić information content (AvgIpc) is 3.15. The van der Waals surface area contributed by atoms with Crippen molar-refractivity contribution >= 4 is 23.2 Å². The Kier molecular flexibility index (Phi) is 4.56. The second-order valence-corrected chi connectivity index (χ2v) is 6.40. The number of hydrogen-bond acceptors (Lipinski definition) is 6. The number of benzene rings is 1. The zero-order chi connectivity index (χ0) is 16.9. The number of aromatic nitrogens is 5. The Morgan fingerprint density at radius 1 is 1.00 bits per heavy atom. The van der Waals surface area contributed by atoms with Crippen molar-refractivity contribution < 1.29 is 0 Å². The zero-order valence-electron chi connectivity index (χ0n) is 13.4. The molecule has 0 saturated carbocycles. The van der Waals surface area contributed by atoms with Crippen molar-refractivity contribution in [2.75, 3.05) is 5.32 Å². The van der Waals surface area contributed by atoms with Crippen molar-refractivity contribution in [1.29, 1.82) is 0 Å². The first-order valence-electron chi connectivity index (χ1n) is 7.89. The van der Waals surface area contributed by atoms with E-state index in [1.165, 1.54) is 5.56 Å². The van der Waals surface area contributed by atoms with Crippen molar-refractivity contribution in [2.45, 2.75) is 17.3 Å². The van der Waals surface area contributed by atoms with Crippen LogP contribution in [0.2, 0.25) is 0 Å². The van der Waals surface area contributed by atoms with Crippen molar-refractivity contribution in [3.8, 4) is 0 Å². The fourth-order valence-electron chi connectivity index (χ4n) is 2.43. The van der Waals surface area contributed by atoms with Gasteiger partial charge in [0, 0.05) is 18.0 Å². The second-order valence-electron chi connectivity index (χ2n) is 5.41. The van der Waals surface area contributed by atoms with Crippen LogP contribution in [0.1, 0.15) is 11.3 Å². The summed E-state index contributed by atoms with van der Waals surface area (Å²) in [5.41, 5.74) is 3.11. The lowest BCUT2D eigenvalue weighted by Gasteiger charge is -2.08. The molecular formula is C18H16N6S. The van der Waals surface area contributed by atoms with Crippen molar-refractivity contribution in [3.63, 3.8) is 0 Å². The molecule has 25 heavy (non-hydrogen) atoms. The largest absolute Gasteiger partial charge is 0.363 e. The van der Waals surface area contributed by atoms with E-state index >= 15 is 0 Å². The number of thioether (sulfide) groups is 1. The number of fused-ring (bicyclic) bond motifs is 1. The van der Waals surface area contributed by atoms with Crippen LogP contribution in [0, 0.1) is 0 Å². The number of hydrogen-bond donors (Lipinski definition) is 1. The topological polar surface area (TPSA) is 68.0 Å².